The van der Waals surface area contributed by atoms with Crippen molar-refractivity contribution in [1.82, 2.24) is 15.0 Å². The van der Waals surface area contributed by atoms with Gasteiger partial charge in [0.2, 0.25) is 5.95 Å². The van der Waals surface area contributed by atoms with Crippen molar-refractivity contribution in [3.05, 3.63) is 27.8 Å². The lowest BCUT2D eigenvalue weighted by atomic mass is 10.4. The van der Waals surface area contributed by atoms with E-state index in [0.717, 1.165) is 5.69 Å². The lowest BCUT2D eigenvalue weighted by molar-refractivity contribution is 1.04. The highest BCUT2D eigenvalue weighted by atomic mass is 35.5. The SMILES string of the molecule is Nc1nc(Cl)cc(NCc2cscn2)n1. The second-order valence-electron chi connectivity index (χ2n) is 2.77. The molecule has 78 valence electrons. The highest BCUT2D eigenvalue weighted by Gasteiger charge is 2.00. The average molecular weight is 242 g/mol. The van der Waals surface area contributed by atoms with Crippen molar-refractivity contribution in [3.8, 4) is 0 Å². The molecule has 0 fully saturated rings. The third kappa shape index (κ3) is 2.77. The molecule has 0 radical (unpaired) electrons. The van der Waals surface area contributed by atoms with E-state index in [9.17, 15) is 0 Å². The smallest absolute Gasteiger partial charge is 0.223 e. The van der Waals surface area contributed by atoms with Gasteiger partial charge in [0.1, 0.15) is 11.0 Å². The number of nitrogens with zero attached hydrogens (tertiary/aromatic N) is 3. The summed E-state index contributed by atoms with van der Waals surface area (Å²) in [4.78, 5) is 11.9. The summed E-state index contributed by atoms with van der Waals surface area (Å²) in [6, 6.07) is 1.62. The van der Waals surface area contributed by atoms with Crippen molar-refractivity contribution in [3.63, 3.8) is 0 Å². The fourth-order valence-electron chi connectivity index (χ4n) is 1.03. The van der Waals surface area contributed by atoms with Crippen LogP contribution in [0.1, 0.15) is 5.69 Å². The number of halogens is 1. The van der Waals surface area contributed by atoms with Gasteiger partial charge in [-0.05, 0) is 0 Å². The van der Waals surface area contributed by atoms with E-state index in [0.29, 0.717) is 17.5 Å². The van der Waals surface area contributed by atoms with E-state index < -0.39 is 0 Å². The number of rotatable bonds is 3. The van der Waals surface area contributed by atoms with E-state index in [-0.39, 0.29) is 5.95 Å². The fraction of sp³-hybridized carbons (Fsp3) is 0.125. The Bertz CT molecular complexity index is 424. The van der Waals surface area contributed by atoms with E-state index in [1.807, 2.05) is 5.38 Å². The number of nitrogens with one attached hydrogen (secondary N) is 1. The summed E-state index contributed by atoms with van der Waals surface area (Å²) in [5.41, 5.74) is 8.18. The Morgan fingerprint density at radius 1 is 1.47 bits per heavy atom. The van der Waals surface area contributed by atoms with Gasteiger partial charge in [0.05, 0.1) is 17.7 Å². The second-order valence-corrected chi connectivity index (χ2v) is 3.87. The predicted octanol–water partition coefficient (Wildman–Crippen LogP) is 1.78. The minimum absolute atomic E-state index is 0.156. The van der Waals surface area contributed by atoms with Crippen LogP contribution in [-0.4, -0.2) is 15.0 Å². The molecule has 15 heavy (non-hydrogen) atoms. The first kappa shape index (κ1) is 10.1. The molecule has 2 heterocycles. The molecule has 0 saturated carbocycles. The first-order valence-corrected chi connectivity index (χ1v) is 5.47. The molecule has 5 nitrogen and oxygen atoms in total. The molecule has 7 heteroatoms. The summed E-state index contributed by atoms with van der Waals surface area (Å²) in [6.45, 7) is 0.594. The first-order valence-electron chi connectivity index (χ1n) is 4.15. The normalized spacial score (nSPS) is 10.2. The van der Waals surface area contributed by atoms with Gasteiger partial charge in [0.15, 0.2) is 0 Å². The molecule has 0 unspecified atom stereocenters. The number of nitrogen functional groups attached to an aromatic ring is 1. The number of hydrogen-bond acceptors (Lipinski definition) is 6. The van der Waals surface area contributed by atoms with Crippen molar-refractivity contribution in [2.45, 2.75) is 6.54 Å². The van der Waals surface area contributed by atoms with Gasteiger partial charge >= 0.3 is 0 Å². The van der Waals surface area contributed by atoms with Crippen LogP contribution in [0.5, 0.6) is 0 Å². The van der Waals surface area contributed by atoms with Gasteiger partial charge in [-0.3, -0.25) is 0 Å². The van der Waals surface area contributed by atoms with Gasteiger partial charge < -0.3 is 11.1 Å². The molecule has 0 saturated heterocycles. The van der Waals surface area contributed by atoms with Gasteiger partial charge in [0.25, 0.3) is 0 Å². The summed E-state index contributed by atoms with van der Waals surface area (Å²) >= 11 is 7.27. The molecule has 0 spiro atoms. The van der Waals surface area contributed by atoms with Gasteiger partial charge in [-0.1, -0.05) is 11.6 Å². The topological polar surface area (TPSA) is 76.7 Å². The number of thiazole rings is 1. The standard InChI is InChI=1S/C8H8ClN5S/c9-6-1-7(14-8(10)13-6)11-2-5-3-15-4-12-5/h1,3-4H,2H2,(H3,10,11,13,14). The Kier molecular flexibility index (Phi) is 2.98. The van der Waals surface area contributed by atoms with E-state index in [1.54, 1.807) is 22.9 Å². The predicted molar refractivity (Wildman–Crippen MR) is 60.9 cm³/mol. The summed E-state index contributed by atoms with van der Waals surface area (Å²) < 4.78 is 0. The molecular weight excluding hydrogens is 234 g/mol. The molecule has 0 aliphatic heterocycles. The molecule has 0 atom stereocenters. The van der Waals surface area contributed by atoms with Gasteiger partial charge in [0, 0.05) is 11.4 Å². The zero-order chi connectivity index (χ0) is 10.7. The van der Waals surface area contributed by atoms with Gasteiger partial charge in [-0.15, -0.1) is 11.3 Å². The maximum Gasteiger partial charge on any atom is 0.223 e. The highest BCUT2D eigenvalue weighted by molar-refractivity contribution is 7.07. The Morgan fingerprint density at radius 3 is 3.00 bits per heavy atom. The van der Waals surface area contributed by atoms with Crippen LogP contribution in [0.15, 0.2) is 17.0 Å². The molecule has 0 aromatic carbocycles. The Hall–Kier alpha value is -1.40. The highest BCUT2D eigenvalue weighted by Crippen LogP contribution is 2.13. The Balaban J connectivity index is 2.05. The van der Waals surface area contributed by atoms with E-state index in [4.69, 9.17) is 17.3 Å². The second kappa shape index (κ2) is 4.41. The largest absolute Gasteiger partial charge is 0.368 e. The first-order chi connectivity index (χ1) is 7.24. The summed E-state index contributed by atoms with van der Waals surface area (Å²) in [5, 5.41) is 5.34. The molecular formula is C8H8ClN5S. The quantitative estimate of drug-likeness (QED) is 0.801. The van der Waals surface area contributed by atoms with Gasteiger partial charge in [-0.25, -0.2) is 9.97 Å². The Labute approximate surface area is 95.3 Å². The van der Waals surface area contributed by atoms with Crippen LogP contribution in [0.2, 0.25) is 5.15 Å². The van der Waals surface area contributed by atoms with Crippen LogP contribution < -0.4 is 11.1 Å². The zero-order valence-corrected chi connectivity index (χ0v) is 9.22. The van der Waals surface area contributed by atoms with Crippen LogP contribution >= 0.6 is 22.9 Å². The minimum Gasteiger partial charge on any atom is -0.368 e. The van der Waals surface area contributed by atoms with Crippen LogP contribution in [0, 0.1) is 0 Å². The third-order valence-corrected chi connectivity index (χ3v) is 2.48. The molecule has 2 rings (SSSR count). The third-order valence-electron chi connectivity index (χ3n) is 1.65. The maximum absolute atomic E-state index is 5.73. The fourth-order valence-corrected chi connectivity index (χ4v) is 1.78. The summed E-state index contributed by atoms with van der Waals surface area (Å²) in [6.07, 6.45) is 0. The average Bonchev–Trinajstić information content (AvgIpc) is 2.65. The van der Waals surface area contributed by atoms with Crippen molar-refractivity contribution < 1.29 is 0 Å². The number of nitrogens with two attached hydrogens (primary N) is 1. The molecule has 0 bridgehead atoms. The molecule has 2 aromatic rings. The van der Waals surface area contributed by atoms with E-state index >= 15 is 0 Å². The number of hydrogen-bond donors (Lipinski definition) is 2. The van der Waals surface area contributed by atoms with Crippen LogP contribution in [-0.2, 0) is 6.54 Å². The van der Waals surface area contributed by atoms with Gasteiger partial charge in [-0.2, -0.15) is 4.98 Å². The Morgan fingerprint density at radius 2 is 2.33 bits per heavy atom. The van der Waals surface area contributed by atoms with E-state index in [2.05, 4.69) is 20.3 Å². The molecule has 0 aliphatic carbocycles. The monoisotopic (exact) mass is 241 g/mol. The lowest BCUT2D eigenvalue weighted by Gasteiger charge is -2.04. The molecule has 0 amide bonds. The van der Waals surface area contributed by atoms with Crippen LogP contribution in [0.25, 0.3) is 0 Å². The van der Waals surface area contributed by atoms with Crippen molar-refractivity contribution in [2.24, 2.45) is 0 Å². The summed E-state index contributed by atoms with van der Waals surface area (Å²) in [5.74, 6) is 0.753. The van der Waals surface area contributed by atoms with Crippen LogP contribution in [0.4, 0.5) is 11.8 Å². The minimum atomic E-state index is 0.156. The van der Waals surface area contributed by atoms with Crippen molar-refractivity contribution >= 4 is 34.7 Å². The van der Waals surface area contributed by atoms with Crippen molar-refractivity contribution in [2.75, 3.05) is 11.1 Å². The summed E-state index contributed by atoms with van der Waals surface area (Å²) in [7, 11) is 0. The molecule has 3 N–H and O–H groups in total. The number of aromatic nitrogens is 3. The maximum atomic E-state index is 5.73. The molecule has 2 aromatic heterocycles. The number of anilines is 2. The lowest BCUT2D eigenvalue weighted by Crippen LogP contribution is -2.04. The molecule has 0 aliphatic rings. The van der Waals surface area contributed by atoms with Crippen LogP contribution in [0.3, 0.4) is 0 Å². The van der Waals surface area contributed by atoms with E-state index in [1.165, 1.54) is 0 Å². The van der Waals surface area contributed by atoms with Crippen molar-refractivity contribution in [1.29, 1.82) is 0 Å². The zero-order valence-electron chi connectivity index (χ0n) is 7.64.